The first-order chi connectivity index (χ1) is 15.4. The van der Waals surface area contributed by atoms with Crippen LogP contribution < -0.4 is 0 Å². The number of benzene rings is 3. The smallest absolute Gasteiger partial charge is 0.168 e. The standard InChI is InChI=1S/C29H33N3/c1-6-7-18-29(4,5)28-31-30-27(32(28)26-17-16-21(2)19-22(26)3)25-15-11-14-24(20-25)23-12-9-8-10-13-23/h8-17,19-20H,6-7,18H2,1-5H3. The molecule has 1 aromatic heterocycles. The predicted molar refractivity (Wildman–Crippen MR) is 134 cm³/mol. The van der Waals surface area contributed by atoms with Crippen LogP contribution in [0.4, 0.5) is 0 Å². The van der Waals surface area contributed by atoms with Gasteiger partial charge in [0.1, 0.15) is 5.82 Å². The third-order valence-electron chi connectivity index (χ3n) is 6.24. The zero-order valence-electron chi connectivity index (χ0n) is 19.9. The Kier molecular flexibility index (Phi) is 6.27. The number of rotatable bonds is 7. The summed E-state index contributed by atoms with van der Waals surface area (Å²) < 4.78 is 2.29. The zero-order chi connectivity index (χ0) is 22.7. The first-order valence-corrected chi connectivity index (χ1v) is 11.6. The monoisotopic (exact) mass is 423 g/mol. The van der Waals surface area contributed by atoms with E-state index in [0.717, 1.165) is 29.3 Å². The maximum absolute atomic E-state index is 4.77. The Hall–Kier alpha value is -3.20. The highest BCUT2D eigenvalue weighted by atomic mass is 15.3. The molecule has 0 unspecified atom stereocenters. The van der Waals surface area contributed by atoms with Gasteiger partial charge in [0, 0.05) is 11.0 Å². The summed E-state index contributed by atoms with van der Waals surface area (Å²) in [5.41, 5.74) is 7.05. The molecule has 0 radical (unpaired) electrons. The van der Waals surface area contributed by atoms with Crippen molar-refractivity contribution >= 4 is 0 Å². The molecule has 3 nitrogen and oxygen atoms in total. The van der Waals surface area contributed by atoms with E-state index in [1.807, 2.05) is 0 Å². The second-order valence-electron chi connectivity index (χ2n) is 9.41. The molecule has 3 aromatic carbocycles. The highest BCUT2D eigenvalue weighted by molar-refractivity contribution is 5.71. The lowest BCUT2D eigenvalue weighted by Gasteiger charge is -2.25. The number of hydrogen-bond donors (Lipinski definition) is 0. The van der Waals surface area contributed by atoms with Gasteiger partial charge in [-0.2, -0.15) is 0 Å². The lowest BCUT2D eigenvalue weighted by molar-refractivity contribution is 0.425. The second kappa shape index (κ2) is 9.12. The first-order valence-electron chi connectivity index (χ1n) is 11.6. The third-order valence-corrected chi connectivity index (χ3v) is 6.24. The normalized spacial score (nSPS) is 11.7. The Bertz CT molecular complexity index is 1200. The van der Waals surface area contributed by atoms with Gasteiger partial charge in [0.15, 0.2) is 5.82 Å². The maximum atomic E-state index is 4.77. The van der Waals surface area contributed by atoms with E-state index in [1.54, 1.807) is 0 Å². The van der Waals surface area contributed by atoms with Crippen molar-refractivity contribution in [1.29, 1.82) is 0 Å². The van der Waals surface area contributed by atoms with Gasteiger partial charge < -0.3 is 0 Å². The number of aryl methyl sites for hydroxylation is 2. The largest absolute Gasteiger partial charge is 0.278 e. The third kappa shape index (κ3) is 4.38. The number of nitrogens with zero attached hydrogens (tertiary/aromatic N) is 3. The van der Waals surface area contributed by atoms with E-state index in [0.29, 0.717) is 0 Å². The van der Waals surface area contributed by atoms with Gasteiger partial charge in [-0.15, -0.1) is 10.2 Å². The SMILES string of the molecule is CCCCC(C)(C)c1nnc(-c2cccc(-c3ccccc3)c2)n1-c1ccc(C)cc1C. The van der Waals surface area contributed by atoms with Crippen LogP contribution in [0.25, 0.3) is 28.2 Å². The molecule has 0 aliphatic carbocycles. The lowest BCUT2D eigenvalue weighted by atomic mass is 9.86. The molecule has 0 saturated carbocycles. The van der Waals surface area contributed by atoms with Crippen molar-refractivity contribution in [2.24, 2.45) is 0 Å². The van der Waals surface area contributed by atoms with Crippen molar-refractivity contribution in [3.05, 3.63) is 89.7 Å². The van der Waals surface area contributed by atoms with Crippen LogP contribution in [0.5, 0.6) is 0 Å². The van der Waals surface area contributed by atoms with Gasteiger partial charge in [0.2, 0.25) is 0 Å². The molecule has 0 fully saturated rings. The van der Waals surface area contributed by atoms with Crippen LogP contribution >= 0.6 is 0 Å². The molecule has 0 spiro atoms. The van der Waals surface area contributed by atoms with Crippen molar-refractivity contribution < 1.29 is 0 Å². The molecule has 164 valence electrons. The Morgan fingerprint density at radius 2 is 1.50 bits per heavy atom. The average Bonchev–Trinajstić information content (AvgIpc) is 3.24. The second-order valence-corrected chi connectivity index (χ2v) is 9.41. The van der Waals surface area contributed by atoms with Crippen molar-refractivity contribution in [1.82, 2.24) is 14.8 Å². The molecular weight excluding hydrogens is 390 g/mol. The van der Waals surface area contributed by atoms with E-state index in [9.17, 15) is 0 Å². The van der Waals surface area contributed by atoms with Gasteiger partial charge >= 0.3 is 0 Å². The van der Waals surface area contributed by atoms with Crippen LogP contribution in [-0.2, 0) is 5.41 Å². The minimum atomic E-state index is -0.0738. The van der Waals surface area contributed by atoms with Crippen molar-refractivity contribution in [3.63, 3.8) is 0 Å². The van der Waals surface area contributed by atoms with E-state index in [2.05, 4.69) is 112 Å². The van der Waals surface area contributed by atoms with Crippen molar-refractivity contribution in [3.8, 4) is 28.2 Å². The molecule has 0 atom stereocenters. The maximum Gasteiger partial charge on any atom is 0.168 e. The summed E-state index contributed by atoms with van der Waals surface area (Å²) in [4.78, 5) is 0. The van der Waals surface area contributed by atoms with Crippen LogP contribution in [0.3, 0.4) is 0 Å². The molecule has 4 rings (SSSR count). The Balaban J connectivity index is 1.90. The van der Waals surface area contributed by atoms with Gasteiger partial charge in [-0.1, -0.05) is 99.8 Å². The van der Waals surface area contributed by atoms with Crippen LogP contribution in [0.2, 0.25) is 0 Å². The fourth-order valence-electron chi connectivity index (χ4n) is 4.39. The molecule has 4 aromatic rings. The molecular formula is C29H33N3. The van der Waals surface area contributed by atoms with Crippen molar-refractivity contribution in [2.45, 2.75) is 59.3 Å². The van der Waals surface area contributed by atoms with Gasteiger partial charge in [0.25, 0.3) is 0 Å². The zero-order valence-corrected chi connectivity index (χ0v) is 19.9. The Morgan fingerprint density at radius 1 is 0.781 bits per heavy atom. The van der Waals surface area contributed by atoms with Crippen molar-refractivity contribution in [2.75, 3.05) is 0 Å². The molecule has 1 heterocycles. The van der Waals surface area contributed by atoms with E-state index in [-0.39, 0.29) is 5.41 Å². The quantitative estimate of drug-likeness (QED) is 0.305. The summed E-state index contributed by atoms with van der Waals surface area (Å²) in [5, 5.41) is 9.52. The molecule has 32 heavy (non-hydrogen) atoms. The fourth-order valence-corrected chi connectivity index (χ4v) is 4.39. The summed E-state index contributed by atoms with van der Waals surface area (Å²) in [6, 6.07) is 25.7. The lowest BCUT2D eigenvalue weighted by Crippen LogP contribution is -2.23. The molecule has 0 N–H and O–H groups in total. The molecule has 0 aliphatic rings. The molecule has 0 aliphatic heterocycles. The summed E-state index contributed by atoms with van der Waals surface area (Å²) in [5.74, 6) is 1.92. The first kappa shape index (κ1) is 22.0. The summed E-state index contributed by atoms with van der Waals surface area (Å²) >= 11 is 0. The van der Waals surface area contributed by atoms with Gasteiger partial charge in [-0.25, -0.2) is 0 Å². The number of unbranched alkanes of at least 4 members (excludes halogenated alkanes) is 1. The van der Waals surface area contributed by atoms with E-state index in [4.69, 9.17) is 10.2 Å². The van der Waals surface area contributed by atoms with E-state index < -0.39 is 0 Å². The number of hydrogen-bond acceptors (Lipinski definition) is 2. The fraction of sp³-hybridized carbons (Fsp3) is 0.310. The summed E-state index contributed by atoms with van der Waals surface area (Å²) in [6.45, 7) is 11.1. The molecule has 0 amide bonds. The summed E-state index contributed by atoms with van der Waals surface area (Å²) in [7, 11) is 0. The van der Waals surface area contributed by atoms with Crippen LogP contribution in [0.15, 0.2) is 72.8 Å². The Labute approximate surface area is 192 Å². The molecule has 3 heteroatoms. The van der Waals surface area contributed by atoms with Gasteiger partial charge in [-0.05, 0) is 49.1 Å². The van der Waals surface area contributed by atoms with Gasteiger partial charge in [-0.3, -0.25) is 4.57 Å². The van der Waals surface area contributed by atoms with Crippen LogP contribution in [0.1, 0.15) is 57.0 Å². The van der Waals surface area contributed by atoms with Crippen LogP contribution in [-0.4, -0.2) is 14.8 Å². The van der Waals surface area contributed by atoms with Crippen LogP contribution in [0, 0.1) is 13.8 Å². The number of aromatic nitrogens is 3. The molecule has 0 bridgehead atoms. The average molecular weight is 424 g/mol. The minimum Gasteiger partial charge on any atom is -0.278 e. The predicted octanol–water partition coefficient (Wildman–Crippen LogP) is 7.69. The molecule has 0 saturated heterocycles. The topological polar surface area (TPSA) is 30.7 Å². The summed E-state index contributed by atoms with van der Waals surface area (Å²) in [6.07, 6.45) is 3.43. The Morgan fingerprint density at radius 3 is 2.22 bits per heavy atom. The minimum absolute atomic E-state index is 0.0738. The van der Waals surface area contributed by atoms with Gasteiger partial charge in [0.05, 0.1) is 5.69 Å². The highest BCUT2D eigenvalue weighted by Gasteiger charge is 2.29. The van der Waals surface area contributed by atoms with E-state index in [1.165, 1.54) is 35.1 Å². The van der Waals surface area contributed by atoms with E-state index >= 15 is 0 Å². The highest BCUT2D eigenvalue weighted by Crippen LogP contribution is 2.35.